The molecule has 0 heterocycles. The van der Waals surface area contributed by atoms with Gasteiger partial charge in [0, 0.05) is 15.0 Å². The van der Waals surface area contributed by atoms with Gasteiger partial charge in [0.05, 0.1) is 5.69 Å². The average molecular weight is 437 g/mol. The van der Waals surface area contributed by atoms with Crippen LogP contribution in [0.15, 0.2) is 57.5 Å². The van der Waals surface area contributed by atoms with E-state index in [0.717, 1.165) is 20.2 Å². The lowest BCUT2D eigenvalue weighted by atomic mass is 9.87. The monoisotopic (exact) mass is 435 g/mol. The summed E-state index contributed by atoms with van der Waals surface area (Å²) in [6.45, 7) is 6.55. The second-order valence-electron chi connectivity index (χ2n) is 6.32. The Kier molecular flexibility index (Phi) is 5.82. The maximum atomic E-state index is 12.0. The van der Waals surface area contributed by atoms with Crippen molar-refractivity contribution in [1.82, 2.24) is 0 Å². The average Bonchev–Trinajstić information content (AvgIpc) is 2.47. The summed E-state index contributed by atoms with van der Waals surface area (Å²) in [4.78, 5) is 12.0. The molecule has 0 spiro atoms. The van der Waals surface area contributed by atoms with Crippen LogP contribution in [0, 0.1) is 0 Å². The van der Waals surface area contributed by atoms with Crippen molar-refractivity contribution in [2.24, 2.45) is 0 Å². The number of halogens is 2. The molecular weight excluding hydrogens is 418 g/mol. The highest BCUT2D eigenvalue weighted by Gasteiger charge is 2.12. The van der Waals surface area contributed by atoms with E-state index in [9.17, 15) is 4.79 Å². The Labute approximate surface area is 154 Å². The highest BCUT2D eigenvalue weighted by molar-refractivity contribution is 9.11. The first-order valence-corrected chi connectivity index (χ1v) is 8.89. The fraction of sp³-hybridized carbons (Fsp3) is 0.211. The van der Waals surface area contributed by atoms with Gasteiger partial charge in [-0.3, -0.25) is 4.79 Å². The molecule has 1 N–H and O–H groups in total. The van der Waals surface area contributed by atoms with Crippen LogP contribution in [0.5, 0.6) is 0 Å². The number of anilines is 1. The second-order valence-corrected chi connectivity index (χ2v) is 8.09. The molecule has 23 heavy (non-hydrogen) atoms. The summed E-state index contributed by atoms with van der Waals surface area (Å²) in [6, 6.07) is 13.9. The standard InChI is InChI=1S/C19H19Br2NO/c1-19(2,3)14-7-4-13(5-8-14)6-11-18(23)22-17-10-9-15(20)12-16(17)21/h4-12H,1-3H3,(H,22,23). The van der Waals surface area contributed by atoms with E-state index in [1.807, 2.05) is 36.4 Å². The molecule has 0 bridgehead atoms. The van der Waals surface area contributed by atoms with Gasteiger partial charge in [-0.15, -0.1) is 0 Å². The number of carbonyl (C=O) groups excluding carboxylic acids is 1. The molecule has 2 aromatic rings. The Morgan fingerprint density at radius 1 is 1.04 bits per heavy atom. The fourth-order valence-corrected chi connectivity index (χ4v) is 3.18. The normalized spacial score (nSPS) is 11.7. The molecule has 4 heteroatoms. The third kappa shape index (κ3) is 5.33. The summed E-state index contributed by atoms with van der Waals surface area (Å²) < 4.78 is 1.79. The summed E-state index contributed by atoms with van der Waals surface area (Å²) >= 11 is 6.82. The quantitative estimate of drug-likeness (QED) is 0.573. The van der Waals surface area contributed by atoms with E-state index in [4.69, 9.17) is 0 Å². The molecule has 1 amide bonds. The number of rotatable bonds is 3. The van der Waals surface area contributed by atoms with Crippen molar-refractivity contribution in [3.63, 3.8) is 0 Å². The maximum Gasteiger partial charge on any atom is 0.248 e. The first kappa shape index (κ1) is 18.0. The third-order valence-corrected chi connectivity index (χ3v) is 4.54. The molecule has 0 fully saturated rings. The van der Waals surface area contributed by atoms with Crippen LogP contribution in [0.3, 0.4) is 0 Å². The molecule has 0 saturated carbocycles. The van der Waals surface area contributed by atoms with Crippen molar-refractivity contribution in [3.05, 3.63) is 68.6 Å². The minimum absolute atomic E-state index is 0.132. The van der Waals surface area contributed by atoms with Crippen LogP contribution in [0.25, 0.3) is 6.08 Å². The van der Waals surface area contributed by atoms with Gasteiger partial charge in [0.15, 0.2) is 0 Å². The van der Waals surface area contributed by atoms with Gasteiger partial charge in [0.1, 0.15) is 0 Å². The number of hydrogen-bond acceptors (Lipinski definition) is 1. The van der Waals surface area contributed by atoms with Gasteiger partial charge in [-0.2, -0.15) is 0 Å². The highest BCUT2D eigenvalue weighted by atomic mass is 79.9. The van der Waals surface area contributed by atoms with Crippen LogP contribution in [0.4, 0.5) is 5.69 Å². The fourth-order valence-electron chi connectivity index (χ4n) is 2.03. The van der Waals surface area contributed by atoms with Gasteiger partial charge in [-0.25, -0.2) is 0 Å². The molecule has 2 rings (SSSR count). The van der Waals surface area contributed by atoms with E-state index in [0.29, 0.717) is 0 Å². The molecule has 2 aromatic carbocycles. The number of nitrogens with one attached hydrogen (secondary N) is 1. The molecule has 2 nitrogen and oxygen atoms in total. The first-order chi connectivity index (χ1) is 10.8. The molecule has 0 aromatic heterocycles. The van der Waals surface area contributed by atoms with Crippen molar-refractivity contribution >= 4 is 49.5 Å². The summed E-state index contributed by atoms with van der Waals surface area (Å²) in [7, 11) is 0. The van der Waals surface area contributed by atoms with Gasteiger partial charge >= 0.3 is 0 Å². The van der Waals surface area contributed by atoms with Crippen LogP contribution in [0.2, 0.25) is 0 Å². The van der Waals surface area contributed by atoms with Crippen LogP contribution >= 0.6 is 31.9 Å². The van der Waals surface area contributed by atoms with Gasteiger partial charge < -0.3 is 5.32 Å². The van der Waals surface area contributed by atoms with Crippen LogP contribution < -0.4 is 5.32 Å². The Hall–Kier alpha value is -1.39. The van der Waals surface area contributed by atoms with E-state index in [-0.39, 0.29) is 11.3 Å². The molecule has 0 saturated heterocycles. The number of hydrogen-bond donors (Lipinski definition) is 1. The second kappa shape index (κ2) is 7.45. The minimum atomic E-state index is -0.159. The van der Waals surface area contributed by atoms with Crippen molar-refractivity contribution in [3.8, 4) is 0 Å². The minimum Gasteiger partial charge on any atom is -0.321 e. The first-order valence-electron chi connectivity index (χ1n) is 7.30. The Morgan fingerprint density at radius 3 is 2.26 bits per heavy atom. The molecular formula is C19H19Br2NO. The molecule has 0 unspecified atom stereocenters. The maximum absolute atomic E-state index is 12.0. The van der Waals surface area contributed by atoms with E-state index >= 15 is 0 Å². The van der Waals surface area contributed by atoms with Gasteiger partial charge in [0.25, 0.3) is 0 Å². The van der Waals surface area contributed by atoms with Crippen LogP contribution in [-0.2, 0) is 10.2 Å². The molecule has 0 atom stereocenters. The van der Waals surface area contributed by atoms with Crippen molar-refractivity contribution in [1.29, 1.82) is 0 Å². The zero-order chi connectivity index (χ0) is 17.0. The van der Waals surface area contributed by atoms with Crippen LogP contribution in [-0.4, -0.2) is 5.91 Å². The lowest BCUT2D eigenvalue weighted by Gasteiger charge is -2.18. The predicted octanol–water partition coefficient (Wildman–Crippen LogP) is 6.16. The molecule has 0 aliphatic heterocycles. The number of benzene rings is 2. The Morgan fingerprint density at radius 2 is 1.70 bits per heavy atom. The topological polar surface area (TPSA) is 29.1 Å². The SMILES string of the molecule is CC(C)(C)c1ccc(C=CC(=O)Nc2ccc(Br)cc2Br)cc1. The number of amides is 1. The molecule has 0 radical (unpaired) electrons. The van der Waals surface area contributed by atoms with Crippen molar-refractivity contribution in [2.75, 3.05) is 5.32 Å². The largest absolute Gasteiger partial charge is 0.321 e. The third-order valence-electron chi connectivity index (χ3n) is 3.39. The summed E-state index contributed by atoms with van der Waals surface area (Å²) in [6.07, 6.45) is 3.36. The zero-order valence-corrected chi connectivity index (χ0v) is 16.5. The van der Waals surface area contributed by atoms with Gasteiger partial charge in [0.2, 0.25) is 5.91 Å². The van der Waals surface area contributed by atoms with E-state index in [1.54, 1.807) is 6.08 Å². The molecule has 0 aliphatic carbocycles. The van der Waals surface area contributed by atoms with Crippen molar-refractivity contribution in [2.45, 2.75) is 26.2 Å². The highest BCUT2D eigenvalue weighted by Crippen LogP contribution is 2.26. The zero-order valence-electron chi connectivity index (χ0n) is 13.4. The van der Waals surface area contributed by atoms with Crippen LogP contribution in [0.1, 0.15) is 31.9 Å². The van der Waals surface area contributed by atoms with E-state index in [1.165, 1.54) is 5.56 Å². The lowest BCUT2D eigenvalue weighted by Crippen LogP contribution is -2.10. The van der Waals surface area contributed by atoms with Crippen molar-refractivity contribution < 1.29 is 4.79 Å². The summed E-state index contributed by atoms with van der Waals surface area (Å²) in [5, 5.41) is 2.85. The number of carbonyl (C=O) groups is 1. The predicted molar refractivity (Wildman–Crippen MR) is 105 cm³/mol. The smallest absolute Gasteiger partial charge is 0.248 e. The van der Waals surface area contributed by atoms with Gasteiger partial charge in [-0.05, 0) is 56.7 Å². The Balaban J connectivity index is 2.03. The van der Waals surface area contributed by atoms with E-state index < -0.39 is 0 Å². The molecule has 120 valence electrons. The van der Waals surface area contributed by atoms with Gasteiger partial charge in [-0.1, -0.05) is 61.0 Å². The van der Waals surface area contributed by atoms with E-state index in [2.05, 4.69) is 70.1 Å². The summed E-state index contributed by atoms with van der Waals surface area (Å²) in [5.74, 6) is -0.159. The summed E-state index contributed by atoms with van der Waals surface area (Å²) in [5.41, 5.74) is 3.15. The Bertz CT molecular complexity index is 728. The lowest BCUT2D eigenvalue weighted by molar-refractivity contribution is -0.111. The molecule has 0 aliphatic rings.